The first kappa shape index (κ1) is 20.4. The van der Waals surface area contributed by atoms with Crippen LogP contribution in [0.5, 0.6) is 5.75 Å². The molecule has 0 aliphatic heterocycles. The van der Waals surface area contributed by atoms with Gasteiger partial charge in [-0.05, 0) is 43.7 Å². The van der Waals surface area contributed by atoms with Crippen molar-refractivity contribution >= 4 is 34.1 Å². The van der Waals surface area contributed by atoms with Crippen LogP contribution in [-0.4, -0.2) is 50.0 Å². The normalized spacial score (nSPS) is 10.2. The van der Waals surface area contributed by atoms with E-state index in [0.717, 1.165) is 16.9 Å². The zero-order valence-corrected chi connectivity index (χ0v) is 16.5. The highest BCUT2D eigenvalue weighted by Gasteiger charge is 2.16. The molecular formula is C19H22N2O5S. The Morgan fingerprint density at radius 3 is 2.59 bits per heavy atom. The van der Waals surface area contributed by atoms with Gasteiger partial charge in [-0.2, -0.15) is 0 Å². The van der Waals surface area contributed by atoms with Crippen molar-refractivity contribution in [3.8, 4) is 5.75 Å². The van der Waals surface area contributed by atoms with Crippen molar-refractivity contribution < 1.29 is 23.9 Å². The second-order valence-corrected chi connectivity index (χ2v) is 6.95. The van der Waals surface area contributed by atoms with Crippen LogP contribution in [0.4, 0.5) is 5.00 Å². The molecule has 1 N–H and O–H groups in total. The molecule has 0 unspecified atom stereocenters. The van der Waals surface area contributed by atoms with Crippen LogP contribution in [0.15, 0.2) is 30.3 Å². The predicted molar refractivity (Wildman–Crippen MR) is 104 cm³/mol. The fraction of sp³-hybridized carbons (Fsp3) is 0.316. The maximum absolute atomic E-state index is 12.5. The summed E-state index contributed by atoms with van der Waals surface area (Å²) < 4.78 is 10.4. The topological polar surface area (TPSA) is 84.9 Å². The Balaban J connectivity index is 2.06. The van der Waals surface area contributed by atoms with E-state index in [4.69, 9.17) is 9.47 Å². The van der Waals surface area contributed by atoms with Gasteiger partial charge in [0.2, 0.25) is 0 Å². The van der Waals surface area contributed by atoms with E-state index in [0.29, 0.717) is 27.8 Å². The minimum absolute atomic E-state index is 0.106. The SMILES string of the molecule is CCOC(=O)c1sc(NC(=O)c2cccc(OCC(=O)N(C)C)c2)cc1C. The van der Waals surface area contributed by atoms with Crippen LogP contribution in [-0.2, 0) is 9.53 Å². The predicted octanol–water partition coefficient (Wildman–Crippen LogP) is 2.95. The summed E-state index contributed by atoms with van der Waals surface area (Å²) in [5, 5.41) is 3.32. The summed E-state index contributed by atoms with van der Waals surface area (Å²) >= 11 is 1.16. The van der Waals surface area contributed by atoms with Crippen LogP contribution >= 0.6 is 11.3 Å². The number of esters is 1. The molecule has 0 aliphatic rings. The average molecular weight is 390 g/mol. The number of thiophene rings is 1. The van der Waals surface area contributed by atoms with Crippen LogP contribution in [0.2, 0.25) is 0 Å². The molecule has 1 aromatic heterocycles. The fourth-order valence-corrected chi connectivity index (χ4v) is 3.09. The summed E-state index contributed by atoms with van der Waals surface area (Å²) in [6.07, 6.45) is 0. The fourth-order valence-electron chi connectivity index (χ4n) is 2.13. The summed E-state index contributed by atoms with van der Waals surface area (Å²) in [6.45, 7) is 3.71. The summed E-state index contributed by atoms with van der Waals surface area (Å²) in [6, 6.07) is 8.28. The maximum Gasteiger partial charge on any atom is 0.348 e. The van der Waals surface area contributed by atoms with Crippen LogP contribution in [0.25, 0.3) is 0 Å². The lowest BCUT2D eigenvalue weighted by molar-refractivity contribution is -0.130. The molecule has 0 bridgehead atoms. The molecule has 1 aromatic carbocycles. The van der Waals surface area contributed by atoms with Gasteiger partial charge in [0.1, 0.15) is 10.6 Å². The van der Waals surface area contributed by atoms with Gasteiger partial charge in [0, 0.05) is 19.7 Å². The number of benzene rings is 1. The molecule has 0 radical (unpaired) electrons. The number of rotatable bonds is 7. The standard InChI is InChI=1S/C19H22N2O5S/c1-5-25-19(24)17-12(2)9-15(27-17)20-18(23)13-7-6-8-14(10-13)26-11-16(22)21(3)4/h6-10H,5,11H2,1-4H3,(H,20,23). The van der Waals surface area contributed by atoms with E-state index in [2.05, 4.69) is 5.32 Å². The minimum atomic E-state index is -0.401. The Labute approximate surface area is 161 Å². The molecule has 0 spiro atoms. The summed E-state index contributed by atoms with van der Waals surface area (Å²) in [5.74, 6) is -0.490. The van der Waals surface area contributed by atoms with Gasteiger partial charge in [0.25, 0.3) is 11.8 Å². The molecule has 0 atom stereocenters. The van der Waals surface area contributed by atoms with Crippen molar-refractivity contribution in [1.29, 1.82) is 0 Å². The van der Waals surface area contributed by atoms with Crippen molar-refractivity contribution in [1.82, 2.24) is 4.90 Å². The Morgan fingerprint density at radius 2 is 1.93 bits per heavy atom. The summed E-state index contributed by atoms with van der Waals surface area (Å²) in [4.78, 5) is 37.8. The number of ether oxygens (including phenoxy) is 2. The molecule has 0 saturated heterocycles. The maximum atomic E-state index is 12.5. The molecule has 8 heteroatoms. The Hall–Kier alpha value is -2.87. The second kappa shape index (κ2) is 9.18. The largest absolute Gasteiger partial charge is 0.484 e. The van der Waals surface area contributed by atoms with E-state index in [9.17, 15) is 14.4 Å². The van der Waals surface area contributed by atoms with E-state index in [-0.39, 0.29) is 18.4 Å². The number of carbonyl (C=O) groups excluding carboxylic acids is 3. The first-order valence-electron chi connectivity index (χ1n) is 8.33. The van der Waals surface area contributed by atoms with E-state index in [1.54, 1.807) is 58.3 Å². The number of hydrogen-bond acceptors (Lipinski definition) is 6. The highest BCUT2D eigenvalue weighted by atomic mass is 32.1. The van der Waals surface area contributed by atoms with Crippen molar-refractivity contribution in [2.75, 3.05) is 32.6 Å². The highest BCUT2D eigenvalue weighted by molar-refractivity contribution is 7.18. The average Bonchev–Trinajstić information content (AvgIpc) is 3.00. The molecule has 0 aliphatic carbocycles. The molecule has 144 valence electrons. The second-order valence-electron chi connectivity index (χ2n) is 5.90. The molecule has 2 aromatic rings. The first-order chi connectivity index (χ1) is 12.8. The van der Waals surface area contributed by atoms with Crippen molar-refractivity contribution in [2.24, 2.45) is 0 Å². The number of likely N-dealkylation sites (N-methyl/N-ethyl adjacent to an activating group) is 1. The van der Waals surface area contributed by atoms with Gasteiger partial charge in [0.15, 0.2) is 6.61 Å². The highest BCUT2D eigenvalue weighted by Crippen LogP contribution is 2.28. The van der Waals surface area contributed by atoms with Gasteiger partial charge in [-0.3, -0.25) is 9.59 Å². The van der Waals surface area contributed by atoms with Gasteiger partial charge in [0.05, 0.1) is 11.6 Å². The number of nitrogens with zero attached hydrogens (tertiary/aromatic N) is 1. The van der Waals surface area contributed by atoms with Crippen LogP contribution in [0, 0.1) is 6.92 Å². The van der Waals surface area contributed by atoms with E-state index in [1.807, 2.05) is 0 Å². The molecular weight excluding hydrogens is 368 g/mol. The minimum Gasteiger partial charge on any atom is -0.484 e. The van der Waals surface area contributed by atoms with Crippen molar-refractivity contribution in [3.05, 3.63) is 46.3 Å². The number of amides is 2. The lowest BCUT2D eigenvalue weighted by Gasteiger charge is -2.11. The zero-order valence-electron chi connectivity index (χ0n) is 15.7. The molecule has 0 saturated carbocycles. The van der Waals surface area contributed by atoms with Gasteiger partial charge in [-0.25, -0.2) is 4.79 Å². The van der Waals surface area contributed by atoms with Crippen molar-refractivity contribution in [2.45, 2.75) is 13.8 Å². The van der Waals surface area contributed by atoms with Crippen LogP contribution < -0.4 is 10.1 Å². The summed E-state index contributed by atoms with van der Waals surface area (Å²) in [7, 11) is 3.28. The lowest BCUT2D eigenvalue weighted by Crippen LogP contribution is -2.27. The smallest absolute Gasteiger partial charge is 0.348 e. The lowest BCUT2D eigenvalue weighted by atomic mass is 10.2. The van der Waals surface area contributed by atoms with Crippen molar-refractivity contribution in [3.63, 3.8) is 0 Å². The van der Waals surface area contributed by atoms with Crippen LogP contribution in [0.3, 0.4) is 0 Å². The van der Waals surface area contributed by atoms with E-state index < -0.39 is 5.97 Å². The molecule has 7 nitrogen and oxygen atoms in total. The molecule has 27 heavy (non-hydrogen) atoms. The molecule has 2 rings (SSSR count). The quantitative estimate of drug-likeness (QED) is 0.735. The molecule has 2 amide bonds. The Kier molecular flexibility index (Phi) is 6.95. The monoisotopic (exact) mass is 390 g/mol. The summed E-state index contributed by atoms with van der Waals surface area (Å²) in [5.41, 5.74) is 1.13. The first-order valence-corrected chi connectivity index (χ1v) is 9.15. The number of aryl methyl sites for hydroxylation is 1. The Bertz CT molecular complexity index is 844. The molecule has 0 fully saturated rings. The van der Waals surface area contributed by atoms with E-state index in [1.165, 1.54) is 4.90 Å². The number of carbonyl (C=O) groups is 3. The third kappa shape index (κ3) is 5.55. The third-order valence-electron chi connectivity index (χ3n) is 3.57. The number of nitrogens with one attached hydrogen (secondary N) is 1. The van der Waals surface area contributed by atoms with Gasteiger partial charge in [-0.15, -0.1) is 11.3 Å². The molecule has 1 heterocycles. The van der Waals surface area contributed by atoms with Gasteiger partial charge in [-0.1, -0.05) is 6.07 Å². The van der Waals surface area contributed by atoms with Gasteiger partial charge < -0.3 is 19.7 Å². The Morgan fingerprint density at radius 1 is 1.19 bits per heavy atom. The third-order valence-corrected chi connectivity index (χ3v) is 4.71. The zero-order chi connectivity index (χ0) is 20.0. The number of anilines is 1. The van der Waals surface area contributed by atoms with Crippen LogP contribution in [0.1, 0.15) is 32.5 Å². The number of hydrogen-bond donors (Lipinski definition) is 1. The van der Waals surface area contributed by atoms with E-state index >= 15 is 0 Å². The van der Waals surface area contributed by atoms with Gasteiger partial charge >= 0.3 is 5.97 Å².